The maximum absolute atomic E-state index is 13.6. The third kappa shape index (κ3) is 5.58. The van der Waals surface area contributed by atoms with E-state index >= 15 is 0 Å². The van der Waals surface area contributed by atoms with Gasteiger partial charge in [0.15, 0.2) is 0 Å². The number of aromatic nitrogens is 4. The van der Waals surface area contributed by atoms with Crippen molar-refractivity contribution >= 4 is 49.0 Å². The van der Waals surface area contributed by atoms with E-state index in [-0.39, 0.29) is 5.82 Å². The first-order valence-electron chi connectivity index (χ1n) is 12.8. The summed E-state index contributed by atoms with van der Waals surface area (Å²) in [6, 6.07) is 21.2. The summed E-state index contributed by atoms with van der Waals surface area (Å²) >= 11 is 0. The lowest BCUT2D eigenvalue weighted by molar-refractivity contribution is 0.330. The van der Waals surface area contributed by atoms with Gasteiger partial charge in [0.1, 0.15) is 35.5 Å². The molecule has 0 radical (unpaired) electrons. The minimum atomic E-state index is -2.33. The van der Waals surface area contributed by atoms with Crippen molar-refractivity contribution in [3.63, 3.8) is 0 Å². The Morgan fingerprint density at radius 1 is 1.05 bits per heavy atom. The molecule has 6 aromatic rings. The van der Waals surface area contributed by atoms with E-state index in [2.05, 4.69) is 20.4 Å². The summed E-state index contributed by atoms with van der Waals surface area (Å²) in [5.41, 5.74) is 4.14. The summed E-state index contributed by atoms with van der Waals surface area (Å²) in [6.07, 6.45) is 3.29. The molecule has 0 bridgehead atoms. The Labute approximate surface area is 236 Å². The average Bonchev–Trinajstić information content (AvgIpc) is 3.59. The van der Waals surface area contributed by atoms with Gasteiger partial charge in [-0.3, -0.25) is 9.58 Å². The Morgan fingerprint density at radius 3 is 2.73 bits per heavy atom. The van der Waals surface area contributed by atoms with Crippen LogP contribution in [0.1, 0.15) is 17.4 Å². The van der Waals surface area contributed by atoms with Crippen LogP contribution in [0.25, 0.3) is 33.1 Å². The molecule has 0 amide bonds. The van der Waals surface area contributed by atoms with Crippen molar-refractivity contribution < 1.29 is 17.2 Å². The number of hydrogen-bond donors (Lipinski definition) is 1. The fraction of sp³-hybridized carbons (Fsp3) is 0.133. The minimum absolute atomic E-state index is 0.272. The Bertz CT molecular complexity index is 2030. The second-order valence-electron chi connectivity index (χ2n) is 9.79. The average molecular weight is 569 g/mol. The number of benzene rings is 3. The lowest BCUT2D eigenvalue weighted by Crippen LogP contribution is -2.20. The molecule has 0 saturated carbocycles. The van der Waals surface area contributed by atoms with Crippen LogP contribution in [0.5, 0.6) is 0 Å². The van der Waals surface area contributed by atoms with E-state index < -0.39 is 16.3 Å². The number of anilines is 2. The van der Waals surface area contributed by atoms with Gasteiger partial charge in [0, 0.05) is 22.0 Å². The van der Waals surface area contributed by atoms with E-state index in [1.54, 1.807) is 37.3 Å². The van der Waals surface area contributed by atoms with Gasteiger partial charge in [-0.1, -0.05) is 12.1 Å². The second kappa shape index (κ2) is 11.0. The van der Waals surface area contributed by atoms with Gasteiger partial charge < -0.3 is 9.73 Å². The molecular formula is C30H25FN6O3S. The highest BCUT2D eigenvalue weighted by atomic mass is 32.2. The summed E-state index contributed by atoms with van der Waals surface area (Å²) in [6.45, 7) is 0.462. The molecule has 0 aliphatic rings. The van der Waals surface area contributed by atoms with Crippen molar-refractivity contribution in [3.05, 3.63) is 102 Å². The fourth-order valence-corrected chi connectivity index (χ4v) is 5.35. The van der Waals surface area contributed by atoms with E-state index in [1.807, 2.05) is 53.2 Å². The monoisotopic (exact) mass is 568 g/mol. The predicted molar refractivity (Wildman–Crippen MR) is 157 cm³/mol. The normalized spacial score (nSPS) is 12.2. The van der Waals surface area contributed by atoms with Crippen molar-refractivity contribution in [3.8, 4) is 11.3 Å². The molecule has 11 heteroatoms. The van der Waals surface area contributed by atoms with E-state index in [9.17, 15) is 12.8 Å². The Balaban J connectivity index is 1.29. The van der Waals surface area contributed by atoms with E-state index in [4.69, 9.17) is 4.42 Å². The number of fused-ring (bicyclic) bond motifs is 2. The lowest BCUT2D eigenvalue weighted by atomic mass is 10.1. The Kier molecular flexibility index (Phi) is 7.04. The third-order valence-electron chi connectivity index (χ3n) is 6.76. The Morgan fingerprint density at radius 2 is 1.93 bits per heavy atom. The van der Waals surface area contributed by atoms with Crippen LogP contribution in [0.15, 0.2) is 89.7 Å². The molecule has 1 N–H and O–H groups in total. The Hall–Kier alpha value is -4.87. The third-order valence-corrected chi connectivity index (χ3v) is 7.24. The predicted octanol–water partition coefficient (Wildman–Crippen LogP) is 5.45. The van der Waals surface area contributed by atoms with Crippen LogP contribution in [0.2, 0.25) is 0 Å². The summed E-state index contributed by atoms with van der Waals surface area (Å²) in [5, 5.41) is 10.8. The summed E-state index contributed by atoms with van der Waals surface area (Å²) < 4.78 is 44.1. The molecule has 6 rings (SSSR count). The van der Waals surface area contributed by atoms with Gasteiger partial charge in [-0.2, -0.15) is 13.5 Å². The largest absolute Gasteiger partial charge is 0.459 e. The topological polar surface area (TPSA) is 106 Å². The zero-order chi connectivity index (χ0) is 28.5. The van der Waals surface area contributed by atoms with Crippen LogP contribution in [-0.4, -0.2) is 52.5 Å². The zero-order valence-corrected chi connectivity index (χ0v) is 23.0. The first-order chi connectivity index (χ1) is 19.8. The van der Waals surface area contributed by atoms with Crippen LogP contribution in [0, 0.1) is 5.82 Å². The SMILES string of the molecule is CN(C)C(C=S(=O)=O)c1ccc(-c2ccc3ncnc(Nc4ccc5c(cnn5Cc5cccc(F)c5)c4)c3c2)o1. The highest BCUT2D eigenvalue weighted by molar-refractivity contribution is 7.71. The molecule has 0 saturated heterocycles. The molecule has 0 fully saturated rings. The number of halogens is 1. The van der Waals surface area contributed by atoms with Gasteiger partial charge in [-0.25, -0.2) is 14.4 Å². The number of furan rings is 1. The summed E-state index contributed by atoms with van der Waals surface area (Å²) in [7, 11) is 1.24. The number of hydrogen-bond acceptors (Lipinski definition) is 8. The van der Waals surface area contributed by atoms with E-state index in [1.165, 1.54) is 23.8 Å². The maximum Gasteiger partial charge on any atom is 0.212 e. The molecule has 0 spiro atoms. The van der Waals surface area contributed by atoms with Gasteiger partial charge in [0.2, 0.25) is 10.3 Å². The van der Waals surface area contributed by atoms with Crippen LogP contribution >= 0.6 is 0 Å². The highest BCUT2D eigenvalue weighted by Gasteiger charge is 2.18. The van der Waals surface area contributed by atoms with Crippen LogP contribution in [0.4, 0.5) is 15.9 Å². The van der Waals surface area contributed by atoms with E-state index in [0.717, 1.165) is 38.6 Å². The molecule has 0 aliphatic carbocycles. The molecule has 3 aromatic carbocycles. The van der Waals surface area contributed by atoms with Crippen molar-refractivity contribution in [2.24, 2.45) is 0 Å². The molecular weight excluding hydrogens is 543 g/mol. The second-order valence-corrected chi connectivity index (χ2v) is 10.6. The number of nitrogens with zero attached hydrogens (tertiary/aromatic N) is 5. The summed E-state index contributed by atoms with van der Waals surface area (Å²) in [5.74, 6) is 1.46. The maximum atomic E-state index is 13.6. The molecule has 3 heterocycles. The quantitative estimate of drug-likeness (QED) is 0.242. The number of rotatable bonds is 8. The molecule has 0 aliphatic heterocycles. The molecule has 206 valence electrons. The standard InChI is InChI=1S/C30H25FN6O3S/c1-36(2)27(17-41(38)39)29-11-10-28(40-29)20-6-8-25-24(14-20)30(33-18-32-25)35-23-7-9-26-21(13-23)15-34-37(26)16-19-4-3-5-22(31)12-19/h3-15,17-18,27H,16H2,1-2H3,(H,32,33,35). The first-order valence-corrected chi connectivity index (χ1v) is 13.9. The molecule has 41 heavy (non-hydrogen) atoms. The smallest absolute Gasteiger partial charge is 0.212 e. The van der Waals surface area contributed by atoms with Crippen molar-refractivity contribution in [1.82, 2.24) is 24.6 Å². The van der Waals surface area contributed by atoms with Crippen LogP contribution in [0.3, 0.4) is 0 Å². The minimum Gasteiger partial charge on any atom is -0.459 e. The molecule has 3 aromatic heterocycles. The fourth-order valence-electron chi connectivity index (χ4n) is 4.76. The zero-order valence-electron chi connectivity index (χ0n) is 22.2. The molecule has 9 nitrogen and oxygen atoms in total. The summed E-state index contributed by atoms with van der Waals surface area (Å²) in [4.78, 5) is 10.7. The molecule has 1 unspecified atom stereocenters. The van der Waals surface area contributed by atoms with Crippen LogP contribution in [-0.2, 0) is 16.8 Å². The molecule has 1 atom stereocenters. The van der Waals surface area contributed by atoms with Gasteiger partial charge in [0.25, 0.3) is 0 Å². The van der Waals surface area contributed by atoms with Crippen LogP contribution < -0.4 is 5.32 Å². The van der Waals surface area contributed by atoms with Crippen molar-refractivity contribution in [2.75, 3.05) is 19.4 Å². The van der Waals surface area contributed by atoms with Crippen molar-refractivity contribution in [1.29, 1.82) is 0 Å². The number of nitrogens with one attached hydrogen (secondary N) is 1. The van der Waals surface area contributed by atoms with E-state index in [0.29, 0.717) is 23.9 Å². The highest BCUT2D eigenvalue weighted by Crippen LogP contribution is 2.32. The van der Waals surface area contributed by atoms with Gasteiger partial charge in [0.05, 0.1) is 29.1 Å². The van der Waals surface area contributed by atoms with Gasteiger partial charge >= 0.3 is 0 Å². The van der Waals surface area contributed by atoms with Crippen molar-refractivity contribution in [2.45, 2.75) is 12.6 Å². The first kappa shape index (κ1) is 26.4. The van der Waals surface area contributed by atoms with Gasteiger partial charge in [-0.05, 0) is 80.3 Å². The lowest BCUT2D eigenvalue weighted by Gasteiger charge is -2.16. The van der Waals surface area contributed by atoms with Gasteiger partial charge in [-0.15, -0.1) is 0 Å².